The van der Waals surface area contributed by atoms with Gasteiger partial charge in [0.05, 0.1) is 11.4 Å². The van der Waals surface area contributed by atoms with Gasteiger partial charge in [-0.3, -0.25) is 14.5 Å². The van der Waals surface area contributed by atoms with E-state index in [0.717, 1.165) is 12.0 Å². The number of carbonyl (C=O) groups excluding carboxylic acids is 2. The summed E-state index contributed by atoms with van der Waals surface area (Å²) in [5.41, 5.74) is 1.91. The van der Waals surface area contributed by atoms with Crippen LogP contribution in [0.5, 0.6) is 0 Å². The van der Waals surface area contributed by atoms with E-state index in [1.807, 2.05) is 31.2 Å². The van der Waals surface area contributed by atoms with Crippen molar-refractivity contribution in [3.8, 4) is 0 Å². The lowest BCUT2D eigenvalue weighted by Crippen LogP contribution is -2.28. The van der Waals surface area contributed by atoms with Gasteiger partial charge in [-0.2, -0.15) is 0 Å². The summed E-state index contributed by atoms with van der Waals surface area (Å²) in [6.45, 7) is 1.95. The molecule has 4 nitrogen and oxygen atoms in total. The number of halogens is 1. The Morgan fingerprint density at radius 2 is 1.96 bits per heavy atom. The van der Waals surface area contributed by atoms with Crippen molar-refractivity contribution in [2.24, 2.45) is 0 Å². The van der Waals surface area contributed by atoms with Crippen LogP contribution in [-0.2, 0) is 9.59 Å². The van der Waals surface area contributed by atoms with Crippen molar-refractivity contribution in [3.63, 3.8) is 0 Å². The maximum Gasteiger partial charge on any atom is 0.238 e. The lowest BCUT2D eigenvalue weighted by atomic mass is 10.1. The van der Waals surface area contributed by atoms with Gasteiger partial charge >= 0.3 is 0 Å². The number of rotatable bonds is 5. The number of nitrogens with zero attached hydrogens (tertiary/aromatic N) is 1. The predicted molar refractivity (Wildman–Crippen MR) is 99.1 cm³/mol. The Balaban J connectivity index is 1.82. The van der Waals surface area contributed by atoms with Crippen molar-refractivity contribution in [2.75, 3.05) is 16.0 Å². The molecule has 1 fully saturated rings. The summed E-state index contributed by atoms with van der Waals surface area (Å²) < 4.78 is 14.1. The maximum atomic E-state index is 14.1. The van der Waals surface area contributed by atoms with Crippen molar-refractivity contribution in [3.05, 3.63) is 59.9 Å². The predicted octanol–water partition coefficient (Wildman–Crippen LogP) is 4.34. The molecule has 2 aromatic rings. The van der Waals surface area contributed by atoms with E-state index in [-0.39, 0.29) is 17.2 Å². The van der Waals surface area contributed by atoms with Crippen molar-refractivity contribution in [1.82, 2.24) is 0 Å². The molecular weight excluding hydrogens is 339 g/mol. The van der Waals surface area contributed by atoms with Gasteiger partial charge in [0.1, 0.15) is 11.2 Å². The average Bonchev–Trinajstić information content (AvgIpc) is 2.98. The number of anilines is 2. The van der Waals surface area contributed by atoms with Crippen LogP contribution in [0.4, 0.5) is 15.8 Å². The zero-order valence-corrected chi connectivity index (χ0v) is 14.7. The quantitative estimate of drug-likeness (QED) is 0.865. The van der Waals surface area contributed by atoms with E-state index in [1.165, 1.54) is 22.7 Å². The number of para-hydroxylation sites is 1. The molecule has 1 aliphatic heterocycles. The standard InChI is InChI=1S/C19H19FN2O2S/c1-2-5-17(23)21-14-10-8-13(9-11-14)19-22(18(24)12-25-19)16-7-4-3-6-15(16)20/h3-4,6-11,19H,2,5,12H2,1H3,(H,21,23). The largest absolute Gasteiger partial charge is 0.326 e. The van der Waals surface area contributed by atoms with Crippen molar-refractivity contribution in [2.45, 2.75) is 25.1 Å². The van der Waals surface area contributed by atoms with E-state index in [9.17, 15) is 14.0 Å². The summed E-state index contributed by atoms with van der Waals surface area (Å²) in [7, 11) is 0. The number of hydrogen-bond acceptors (Lipinski definition) is 3. The number of nitrogens with one attached hydrogen (secondary N) is 1. The molecule has 0 aliphatic carbocycles. The first-order chi connectivity index (χ1) is 12.1. The van der Waals surface area contributed by atoms with Crippen LogP contribution in [0.2, 0.25) is 0 Å². The Labute approximate surface area is 150 Å². The molecule has 6 heteroatoms. The minimum Gasteiger partial charge on any atom is -0.326 e. The molecule has 1 saturated heterocycles. The van der Waals surface area contributed by atoms with Crippen LogP contribution in [0.3, 0.4) is 0 Å². The third-order valence-corrected chi connectivity index (χ3v) is 5.15. The number of thioether (sulfide) groups is 1. The van der Waals surface area contributed by atoms with E-state index in [2.05, 4.69) is 5.32 Å². The Morgan fingerprint density at radius 1 is 1.24 bits per heavy atom. The highest BCUT2D eigenvalue weighted by atomic mass is 32.2. The van der Waals surface area contributed by atoms with Crippen molar-refractivity contribution < 1.29 is 14.0 Å². The van der Waals surface area contributed by atoms with Gasteiger partial charge in [-0.05, 0) is 36.2 Å². The van der Waals surface area contributed by atoms with Gasteiger partial charge < -0.3 is 5.32 Å². The first-order valence-electron chi connectivity index (χ1n) is 8.18. The Morgan fingerprint density at radius 3 is 2.64 bits per heavy atom. The smallest absolute Gasteiger partial charge is 0.238 e. The zero-order chi connectivity index (χ0) is 17.8. The summed E-state index contributed by atoms with van der Waals surface area (Å²) in [5.74, 6) is -0.227. The molecule has 2 aromatic carbocycles. The number of benzene rings is 2. The monoisotopic (exact) mass is 358 g/mol. The second-order valence-corrected chi connectivity index (χ2v) is 6.87. The molecule has 1 N–H and O–H groups in total. The van der Waals surface area contributed by atoms with Crippen molar-refractivity contribution in [1.29, 1.82) is 0 Å². The van der Waals surface area contributed by atoms with Gasteiger partial charge in [0.2, 0.25) is 11.8 Å². The minimum atomic E-state index is -0.410. The van der Waals surface area contributed by atoms with Gasteiger partial charge in [-0.15, -0.1) is 11.8 Å². The van der Waals surface area contributed by atoms with Crippen LogP contribution in [-0.4, -0.2) is 17.6 Å². The van der Waals surface area contributed by atoms with Gasteiger partial charge in [-0.1, -0.05) is 31.2 Å². The molecule has 25 heavy (non-hydrogen) atoms. The van der Waals surface area contributed by atoms with Gasteiger partial charge in [0, 0.05) is 12.1 Å². The first kappa shape index (κ1) is 17.5. The Bertz CT molecular complexity index is 779. The van der Waals surface area contributed by atoms with Gasteiger partial charge in [0.25, 0.3) is 0 Å². The van der Waals surface area contributed by atoms with Crippen LogP contribution >= 0.6 is 11.8 Å². The zero-order valence-electron chi connectivity index (χ0n) is 13.9. The lowest BCUT2D eigenvalue weighted by Gasteiger charge is -2.24. The topological polar surface area (TPSA) is 49.4 Å². The molecule has 0 aromatic heterocycles. The molecule has 3 rings (SSSR count). The van der Waals surface area contributed by atoms with Crippen molar-refractivity contribution >= 4 is 35.0 Å². The summed E-state index contributed by atoms with van der Waals surface area (Å²) in [5, 5.41) is 2.56. The van der Waals surface area contributed by atoms with Crippen LogP contribution in [0.1, 0.15) is 30.7 Å². The molecule has 0 spiro atoms. The molecular formula is C19H19FN2O2S. The fraction of sp³-hybridized carbons (Fsp3) is 0.263. The first-order valence-corrected chi connectivity index (χ1v) is 9.23. The van der Waals surface area contributed by atoms with Crippen LogP contribution in [0.15, 0.2) is 48.5 Å². The summed E-state index contributed by atoms with van der Waals surface area (Å²) >= 11 is 1.47. The minimum absolute atomic E-state index is 0.0198. The second kappa shape index (κ2) is 7.70. The van der Waals surface area contributed by atoms with E-state index < -0.39 is 5.82 Å². The molecule has 1 unspecified atom stereocenters. The highest BCUT2D eigenvalue weighted by molar-refractivity contribution is 8.00. The highest BCUT2D eigenvalue weighted by Crippen LogP contribution is 2.42. The molecule has 0 radical (unpaired) electrons. The van der Waals surface area contributed by atoms with Gasteiger partial charge in [0.15, 0.2) is 0 Å². The normalized spacial score (nSPS) is 17.0. The van der Waals surface area contributed by atoms with E-state index in [0.29, 0.717) is 23.5 Å². The Kier molecular flexibility index (Phi) is 5.38. The summed E-state index contributed by atoms with van der Waals surface area (Å²) in [6, 6.07) is 13.7. The summed E-state index contributed by atoms with van der Waals surface area (Å²) in [6.07, 6.45) is 1.28. The summed E-state index contributed by atoms with van der Waals surface area (Å²) in [4.78, 5) is 25.4. The number of amides is 2. The van der Waals surface area contributed by atoms with E-state index >= 15 is 0 Å². The molecule has 1 aliphatic rings. The van der Waals surface area contributed by atoms with Crippen LogP contribution in [0.25, 0.3) is 0 Å². The maximum absolute atomic E-state index is 14.1. The molecule has 130 valence electrons. The average molecular weight is 358 g/mol. The van der Waals surface area contributed by atoms with Gasteiger partial charge in [-0.25, -0.2) is 4.39 Å². The van der Waals surface area contributed by atoms with E-state index in [4.69, 9.17) is 0 Å². The number of carbonyl (C=O) groups is 2. The lowest BCUT2D eigenvalue weighted by molar-refractivity contribution is -0.116. The third-order valence-electron chi connectivity index (χ3n) is 3.94. The SMILES string of the molecule is CCCC(=O)Nc1ccc(C2SCC(=O)N2c2ccccc2F)cc1. The fourth-order valence-electron chi connectivity index (χ4n) is 2.76. The Hall–Kier alpha value is -2.34. The van der Waals surface area contributed by atoms with Crippen LogP contribution < -0.4 is 10.2 Å². The highest BCUT2D eigenvalue weighted by Gasteiger charge is 2.35. The second-order valence-electron chi connectivity index (χ2n) is 5.80. The van der Waals surface area contributed by atoms with Crippen LogP contribution in [0, 0.1) is 5.82 Å². The van der Waals surface area contributed by atoms with E-state index in [1.54, 1.807) is 18.2 Å². The molecule has 2 amide bonds. The molecule has 0 saturated carbocycles. The molecule has 1 atom stereocenters. The molecule has 0 bridgehead atoms. The third kappa shape index (κ3) is 3.85. The number of hydrogen-bond donors (Lipinski definition) is 1. The molecule has 1 heterocycles. The fourth-order valence-corrected chi connectivity index (χ4v) is 3.93.